The molecule has 2 fully saturated rings. The first-order valence-corrected chi connectivity index (χ1v) is 12.8. The van der Waals surface area contributed by atoms with Gasteiger partial charge in [0.2, 0.25) is 11.5 Å². The minimum atomic E-state index is -2.01. The van der Waals surface area contributed by atoms with Gasteiger partial charge in [-0.2, -0.15) is 0 Å². The number of cyclic esters (lactones) is 1. The lowest BCUT2D eigenvalue weighted by Crippen LogP contribution is -2.74. The molecule has 0 spiro atoms. The fraction of sp³-hybridized carbons (Fsp3) is 0.500. The van der Waals surface area contributed by atoms with E-state index in [2.05, 4.69) is 15.5 Å². The normalized spacial score (nSPS) is 25.3. The van der Waals surface area contributed by atoms with Crippen molar-refractivity contribution >= 4 is 74.7 Å². The Morgan fingerprint density at radius 1 is 1.44 bits per heavy atom. The number of nitrogen functional groups attached to an aromatic ring is 1. The third-order valence-electron chi connectivity index (χ3n) is 5.15. The lowest BCUT2D eigenvalue weighted by molar-refractivity contribution is -0.165. The lowest BCUT2D eigenvalue weighted by Gasteiger charge is -2.45. The van der Waals surface area contributed by atoms with Crippen LogP contribution in [0.1, 0.15) is 25.5 Å². The molecule has 15 nitrogen and oxygen atoms in total. The maximum atomic E-state index is 13.1. The van der Waals surface area contributed by atoms with Crippen LogP contribution >= 0.6 is 22.9 Å². The minimum absolute atomic E-state index is 0.00125. The Balaban J connectivity index is 1.87. The van der Waals surface area contributed by atoms with Gasteiger partial charge in [0.05, 0.1) is 6.42 Å². The zero-order valence-corrected chi connectivity index (χ0v) is 20.8. The molecule has 0 bridgehead atoms. The second-order valence-electron chi connectivity index (χ2n) is 7.54. The van der Waals surface area contributed by atoms with Gasteiger partial charge < -0.3 is 35.4 Å². The Morgan fingerprint density at radius 3 is 2.69 bits per heavy atom. The molecule has 3 rings (SSSR count). The summed E-state index contributed by atoms with van der Waals surface area (Å²) < 4.78 is 17.8. The number of aliphatic carboxylic acids is 2. The van der Waals surface area contributed by atoms with Crippen LogP contribution < -0.4 is 11.1 Å². The Kier molecular flexibility index (Phi) is 8.59. The molecule has 1 unspecified atom stereocenters. The van der Waals surface area contributed by atoms with Crippen molar-refractivity contribution in [3.63, 3.8) is 0 Å². The lowest BCUT2D eigenvalue weighted by atomic mass is 10.1. The highest BCUT2D eigenvalue weighted by molar-refractivity contribution is 7.92. The molecular weight excluding hydrogens is 546 g/mol. The third kappa shape index (κ3) is 5.80. The van der Waals surface area contributed by atoms with E-state index < -0.39 is 89.0 Å². The van der Waals surface area contributed by atoms with Crippen LogP contribution in [0.15, 0.2) is 5.16 Å². The molecule has 196 valence electrons. The molecule has 2 amide bonds. The van der Waals surface area contributed by atoms with Crippen LogP contribution in [0.5, 0.6) is 0 Å². The van der Waals surface area contributed by atoms with Crippen molar-refractivity contribution in [3.8, 4) is 0 Å². The second-order valence-corrected chi connectivity index (χ2v) is 10.7. The second kappa shape index (κ2) is 11.3. The van der Waals surface area contributed by atoms with Gasteiger partial charge in [0.1, 0.15) is 21.7 Å². The SMILES string of the molecule is CC[C@H](O/N=C(\C(=O)N[C@@H]1C(=O)N2COC(=O)C[C@H](C(=O)O)C[S+]([O-])[C@H]12)c1nc(N)sc1Cl)C(=O)O. The van der Waals surface area contributed by atoms with E-state index in [4.69, 9.17) is 26.9 Å². The predicted molar refractivity (Wildman–Crippen MR) is 123 cm³/mol. The Labute approximate surface area is 214 Å². The number of aromatic nitrogens is 1. The predicted octanol–water partition coefficient (Wildman–Crippen LogP) is -1.03. The number of β-lactam (4-membered cyclic amide) rings is 1. The van der Waals surface area contributed by atoms with Gasteiger partial charge in [0.25, 0.3) is 11.8 Å². The largest absolute Gasteiger partial charge is 0.615 e. The van der Waals surface area contributed by atoms with E-state index in [1.54, 1.807) is 0 Å². The third-order valence-corrected chi connectivity index (χ3v) is 8.03. The highest BCUT2D eigenvalue weighted by Gasteiger charge is 2.57. The Bertz CT molecular complexity index is 1110. The van der Waals surface area contributed by atoms with Crippen molar-refractivity contribution in [2.75, 3.05) is 18.2 Å². The van der Waals surface area contributed by atoms with E-state index in [1.807, 2.05) is 0 Å². The maximum absolute atomic E-state index is 13.1. The van der Waals surface area contributed by atoms with Gasteiger partial charge in [-0.1, -0.05) is 35.0 Å². The van der Waals surface area contributed by atoms with E-state index in [0.717, 1.165) is 16.2 Å². The summed E-state index contributed by atoms with van der Waals surface area (Å²) in [6, 6.07) is -1.41. The van der Waals surface area contributed by atoms with Crippen molar-refractivity contribution in [1.82, 2.24) is 15.2 Å². The van der Waals surface area contributed by atoms with Gasteiger partial charge in [-0.15, -0.1) is 0 Å². The zero-order chi connectivity index (χ0) is 26.7. The highest BCUT2D eigenvalue weighted by Crippen LogP contribution is 2.30. The van der Waals surface area contributed by atoms with Crippen molar-refractivity contribution in [3.05, 3.63) is 10.0 Å². The number of thiazole rings is 1. The van der Waals surface area contributed by atoms with Gasteiger partial charge >= 0.3 is 17.9 Å². The van der Waals surface area contributed by atoms with Crippen LogP contribution in [0.3, 0.4) is 0 Å². The number of fused-ring (bicyclic) bond motifs is 1. The fourth-order valence-electron chi connectivity index (χ4n) is 3.28. The number of halogens is 1. The molecule has 0 saturated carbocycles. The number of nitrogens with one attached hydrogen (secondary N) is 1. The molecule has 0 aromatic carbocycles. The number of hydrogen-bond acceptors (Lipinski definition) is 12. The number of amides is 2. The molecular formula is C18H20ClN5O10S2. The van der Waals surface area contributed by atoms with Crippen LogP contribution in [-0.2, 0) is 44.7 Å². The number of oxime groups is 1. The highest BCUT2D eigenvalue weighted by atomic mass is 35.5. The van der Waals surface area contributed by atoms with E-state index in [9.17, 15) is 38.7 Å². The molecule has 0 aliphatic carbocycles. The van der Waals surface area contributed by atoms with Gasteiger partial charge in [-0.05, 0) is 17.6 Å². The number of carbonyl (C=O) groups is 5. The number of nitrogens with two attached hydrogens (primary N) is 1. The van der Waals surface area contributed by atoms with Crippen molar-refractivity contribution in [1.29, 1.82) is 0 Å². The summed E-state index contributed by atoms with van der Waals surface area (Å²) in [6.45, 7) is 0.926. The maximum Gasteiger partial charge on any atom is 0.347 e. The van der Waals surface area contributed by atoms with Gasteiger partial charge in [-0.3, -0.25) is 24.1 Å². The van der Waals surface area contributed by atoms with Gasteiger partial charge in [0.15, 0.2) is 23.6 Å². The van der Waals surface area contributed by atoms with Crippen LogP contribution in [0.25, 0.3) is 0 Å². The molecule has 2 aliphatic rings. The summed E-state index contributed by atoms with van der Waals surface area (Å²) in [5, 5.41) is 23.2. The van der Waals surface area contributed by atoms with Crippen LogP contribution in [0, 0.1) is 5.92 Å². The first-order chi connectivity index (χ1) is 16.9. The Morgan fingerprint density at radius 2 is 2.14 bits per heavy atom. The van der Waals surface area contributed by atoms with Crippen molar-refractivity contribution in [2.24, 2.45) is 11.1 Å². The molecule has 36 heavy (non-hydrogen) atoms. The van der Waals surface area contributed by atoms with Gasteiger partial charge in [-0.25, -0.2) is 9.78 Å². The van der Waals surface area contributed by atoms with Crippen LogP contribution in [0.2, 0.25) is 4.34 Å². The monoisotopic (exact) mass is 565 g/mol. The van der Waals surface area contributed by atoms with E-state index in [0.29, 0.717) is 0 Å². The van der Waals surface area contributed by atoms with Gasteiger partial charge in [0, 0.05) is 0 Å². The minimum Gasteiger partial charge on any atom is -0.615 e. The molecule has 2 aliphatic heterocycles. The average molecular weight is 566 g/mol. The number of anilines is 1. The van der Waals surface area contributed by atoms with Crippen molar-refractivity contribution < 1.29 is 48.3 Å². The number of carbonyl (C=O) groups excluding carboxylic acids is 3. The number of hydrogen-bond donors (Lipinski definition) is 4. The fourth-order valence-corrected chi connectivity index (χ4v) is 6.00. The number of ether oxygens (including phenoxy) is 1. The standard InChI is InChI=1S/C18H20ClN5O10S2/c1-2-7(17(30)31)34-23-10(9-12(19)35-18(20)22-9)13(26)21-11-14(27)24-5-33-8(25)3-6(16(28)29)4-36(32)15(11)24/h6-7,11,15H,2-5H2,1H3,(H2,20,22)(H,21,26)(H,28,29)(H,30,31)/b23-10-/t6-,7-,11+,15+,36?/m0/s1. The topological polar surface area (TPSA) is 234 Å². The number of carboxylic acids is 2. The number of nitrogens with zero attached hydrogens (tertiary/aromatic N) is 3. The number of rotatable bonds is 8. The summed E-state index contributed by atoms with van der Waals surface area (Å²) in [5.41, 5.74) is 4.79. The summed E-state index contributed by atoms with van der Waals surface area (Å²) in [7, 11) is 0. The molecule has 0 radical (unpaired) electrons. The molecule has 2 saturated heterocycles. The first kappa shape index (κ1) is 27.4. The van der Waals surface area contributed by atoms with Crippen molar-refractivity contribution in [2.45, 2.75) is 37.3 Å². The summed E-state index contributed by atoms with van der Waals surface area (Å²) in [4.78, 5) is 70.1. The molecule has 5 N–H and O–H groups in total. The van der Waals surface area contributed by atoms with E-state index in [-0.39, 0.29) is 21.6 Å². The molecule has 1 aromatic heterocycles. The molecule has 18 heteroatoms. The molecule has 5 atom stereocenters. The first-order valence-electron chi connectivity index (χ1n) is 10.2. The van der Waals surface area contributed by atoms with E-state index in [1.165, 1.54) is 6.92 Å². The summed E-state index contributed by atoms with van der Waals surface area (Å²) in [5.74, 6) is -7.24. The molecule has 1 aromatic rings. The number of esters is 1. The quantitative estimate of drug-likeness (QED) is 0.0973. The van der Waals surface area contributed by atoms with E-state index >= 15 is 0 Å². The number of carboxylic acid groups (broad SMARTS) is 2. The summed E-state index contributed by atoms with van der Waals surface area (Å²) >= 11 is 4.87. The average Bonchev–Trinajstić information content (AvgIpc) is 3.15. The van der Waals surface area contributed by atoms with Crippen LogP contribution in [-0.4, -0.2) is 90.1 Å². The summed E-state index contributed by atoms with van der Waals surface area (Å²) in [6.07, 6.45) is -1.94. The zero-order valence-electron chi connectivity index (χ0n) is 18.4. The smallest absolute Gasteiger partial charge is 0.347 e. The molecule has 3 heterocycles. The Hall–Kier alpha value is -3.15. The van der Waals surface area contributed by atoms with Crippen LogP contribution in [0.4, 0.5) is 5.13 Å².